The third-order valence-electron chi connectivity index (χ3n) is 4.36. The first-order valence-electron chi connectivity index (χ1n) is 7.63. The average Bonchev–Trinajstić information content (AvgIpc) is 2.97. The van der Waals surface area contributed by atoms with E-state index < -0.39 is 5.97 Å². The molecule has 2 aromatic rings. The number of ether oxygens (including phenoxy) is 1. The van der Waals surface area contributed by atoms with Crippen LogP contribution in [0.5, 0.6) is 5.75 Å². The molecule has 0 aliphatic heterocycles. The molecule has 22 heavy (non-hydrogen) atoms. The number of carboxylic acid groups (broad SMARTS) is 1. The van der Waals surface area contributed by atoms with Crippen molar-refractivity contribution >= 4 is 22.6 Å². The Kier molecular flexibility index (Phi) is 3.88. The van der Waals surface area contributed by atoms with E-state index in [1.807, 2.05) is 18.2 Å². The van der Waals surface area contributed by atoms with Gasteiger partial charge in [-0.1, -0.05) is 18.9 Å². The average molecular weight is 300 g/mol. The van der Waals surface area contributed by atoms with Gasteiger partial charge in [-0.15, -0.1) is 0 Å². The predicted molar refractivity (Wildman–Crippen MR) is 85.3 cm³/mol. The van der Waals surface area contributed by atoms with Crippen LogP contribution in [0.1, 0.15) is 41.7 Å². The van der Waals surface area contributed by atoms with Crippen LogP contribution in [0.2, 0.25) is 0 Å². The number of rotatable bonds is 4. The Balaban J connectivity index is 2.02. The second-order valence-corrected chi connectivity index (χ2v) is 5.90. The molecule has 3 rings (SSSR count). The van der Waals surface area contributed by atoms with Crippen molar-refractivity contribution in [1.82, 2.24) is 4.98 Å². The molecular formula is C17H20N2O3. The SMILES string of the molecule is Cc1nc2cccc(OCC3CCCC3)c2c(N)c1C(=O)O. The molecule has 0 radical (unpaired) electrons. The van der Waals surface area contributed by atoms with Crippen molar-refractivity contribution in [3.05, 3.63) is 29.5 Å². The molecule has 3 N–H and O–H groups in total. The number of aromatic carboxylic acids is 1. The summed E-state index contributed by atoms with van der Waals surface area (Å²) in [5, 5.41) is 9.94. The number of benzene rings is 1. The number of hydrogen-bond acceptors (Lipinski definition) is 4. The lowest BCUT2D eigenvalue weighted by molar-refractivity contribution is 0.0697. The molecule has 0 amide bonds. The molecule has 1 aliphatic rings. The third kappa shape index (κ3) is 2.58. The van der Waals surface area contributed by atoms with E-state index in [-0.39, 0.29) is 11.3 Å². The van der Waals surface area contributed by atoms with E-state index in [0.717, 1.165) is 0 Å². The van der Waals surface area contributed by atoms with Gasteiger partial charge in [0.15, 0.2) is 0 Å². The zero-order valence-corrected chi connectivity index (χ0v) is 12.6. The van der Waals surface area contributed by atoms with Gasteiger partial charge < -0.3 is 15.6 Å². The molecule has 1 saturated carbocycles. The number of aryl methyl sites for hydroxylation is 1. The van der Waals surface area contributed by atoms with Gasteiger partial charge in [-0.2, -0.15) is 0 Å². The molecule has 0 bridgehead atoms. The third-order valence-corrected chi connectivity index (χ3v) is 4.36. The van der Waals surface area contributed by atoms with Crippen LogP contribution in [0.15, 0.2) is 18.2 Å². The number of aromatic nitrogens is 1. The van der Waals surface area contributed by atoms with Crippen molar-refractivity contribution < 1.29 is 14.6 Å². The van der Waals surface area contributed by atoms with E-state index in [1.54, 1.807) is 6.92 Å². The Hall–Kier alpha value is -2.30. The van der Waals surface area contributed by atoms with Gasteiger partial charge in [-0.05, 0) is 37.8 Å². The first-order chi connectivity index (χ1) is 10.6. The minimum absolute atomic E-state index is 0.0596. The summed E-state index contributed by atoms with van der Waals surface area (Å²) in [5.41, 5.74) is 7.49. The van der Waals surface area contributed by atoms with Crippen molar-refractivity contribution in [3.63, 3.8) is 0 Å². The van der Waals surface area contributed by atoms with E-state index in [4.69, 9.17) is 10.5 Å². The molecule has 5 nitrogen and oxygen atoms in total. The molecule has 0 unspecified atom stereocenters. The summed E-state index contributed by atoms with van der Waals surface area (Å²) in [5.74, 6) is 0.140. The fourth-order valence-corrected chi connectivity index (χ4v) is 3.21. The van der Waals surface area contributed by atoms with Gasteiger partial charge in [0.1, 0.15) is 11.3 Å². The van der Waals surface area contributed by atoms with Gasteiger partial charge in [-0.25, -0.2) is 4.79 Å². The number of carbonyl (C=O) groups is 1. The molecule has 1 heterocycles. The van der Waals surface area contributed by atoms with Crippen LogP contribution >= 0.6 is 0 Å². The molecule has 1 aromatic heterocycles. The Morgan fingerprint density at radius 2 is 2.14 bits per heavy atom. The van der Waals surface area contributed by atoms with E-state index >= 15 is 0 Å². The predicted octanol–water partition coefficient (Wildman–Crippen LogP) is 3.39. The number of nitrogens with zero attached hydrogens (tertiary/aromatic N) is 1. The Morgan fingerprint density at radius 3 is 2.82 bits per heavy atom. The van der Waals surface area contributed by atoms with Gasteiger partial charge in [0.2, 0.25) is 0 Å². The van der Waals surface area contributed by atoms with E-state index in [9.17, 15) is 9.90 Å². The quantitative estimate of drug-likeness (QED) is 0.904. The topological polar surface area (TPSA) is 85.4 Å². The smallest absolute Gasteiger partial charge is 0.339 e. The van der Waals surface area contributed by atoms with E-state index in [0.29, 0.717) is 34.9 Å². The van der Waals surface area contributed by atoms with Crippen LogP contribution in [0.4, 0.5) is 5.69 Å². The van der Waals surface area contributed by atoms with Crippen molar-refractivity contribution in [2.45, 2.75) is 32.6 Å². The van der Waals surface area contributed by atoms with Crippen molar-refractivity contribution in [2.24, 2.45) is 5.92 Å². The molecule has 0 spiro atoms. The maximum atomic E-state index is 11.4. The summed E-state index contributed by atoms with van der Waals surface area (Å²) in [6.07, 6.45) is 4.90. The Bertz CT molecular complexity index is 721. The van der Waals surface area contributed by atoms with E-state index in [2.05, 4.69) is 4.98 Å². The van der Waals surface area contributed by atoms with Crippen LogP contribution in [0, 0.1) is 12.8 Å². The summed E-state index contributed by atoms with van der Waals surface area (Å²) in [6.45, 7) is 2.31. The molecule has 5 heteroatoms. The molecule has 116 valence electrons. The summed E-state index contributed by atoms with van der Waals surface area (Å²) in [6, 6.07) is 5.52. The summed E-state index contributed by atoms with van der Waals surface area (Å²) < 4.78 is 5.95. The largest absolute Gasteiger partial charge is 0.493 e. The molecule has 0 atom stereocenters. The summed E-state index contributed by atoms with van der Waals surface area (Å²) in [7, 11) is 0. The second-order valence-electron chi connectivity index (χ2n) is 5.90. The number of pyridine rings is 1. The zero-order chi connectivity index (χ0) is 15.7. The first-order valence-corrected chi connectivity index (χ1v) is 7.63. The van der Waals surface area contributed by atoms with Gasteiger partial charge in [0, 0.05) is 0 Å². The second kappa shape index (κ2) is 5.83. The lowest BCUT2D eigenvalue weighted by Gasteiger charge is -2.15. The van der Waals surface area contributed by atoms with E-state index in [1.165, 1.54) is 25.7 Å². The van der Waals surface area contributed by atoms with Gasteiger partial charge >= 0.3 is 5.97 Å². The van der Waals surface area contributed by atoms with Crippen molar-refractivity contribution in [1.29, 1.82) is 0 Å². The highest BCUT2D eigenvalue weighted by atomic mass is 16.5. The summed E-state index contributed by atoms with van der Waals surface area (Å²) in [4.78, 5) is 15.8. The standard InChI is InChI=1S/C17H20N2O3/c1-10-14(17(20)21)16(18)15-12(19-10)7-4-8-13(15)22-9-11-5-2-3-6-11/h4,7-8,11H,2-3,5-6,9H2,1H3,(H2,18,19)(H,20,21). The lowest BCUT2D eigenvalue weighted by Crippen LogP contribution is -2.11. The molecule has 1 fully saturated rings. The number of hydrogen-bond donors (Lipinski definition) is 2. The van der Waals surface area contributed by atoms with Gasteiger partial charge in [0.25, 0.3) is 0 Å². The highest BCUT2D eigenvalue weighted by molar-refractivity contribution is 6.06. The highest BCUT2D eigenvalue weighted by Crippen LogP contribution is 2.34. The maximum Gasteiger partial charge on any atom is 0.339 e. The van der Waals surface area contributed by atoms with Crippen molar-refractivity contribution in [3.8, 4) is 5.75 Å². The number of carboxylic acids is 1. The molecular weight excluding hydrogens is 280 g/mol. The Labute approximate surface area is 129 Å². The minimum atomic E-state index is -1.06. The lowest BCUT2D eigenvalue weighted by atomic mass is 10.1. The molecule has 0 saturated heterocycles. The first kappa shape index (κ1) is 14.6. The number of fused-ring (bicyclic) bond motifs is 1. The maximum absolute atomic E-state index is 11.4. The van der Waals surface area contributed by atoms with Crippen LogP contribution in [0.25, 0.3) is 10.9 Å². The Morgan fingerprint density at radius 1 is 1.41 bits per heavy atom. The zero-order valence-electron chi connectivity index (χ0n) is 12.6. The van der Waals surface area contributed by atoms with Crippen LogP contribution < -0.4 is 10.5 Å². The number of nitrogen functional groups attached to an aromatic ring is 1. The van der Waals surface area contributed by atoms with Crippen LogP contribution in [0.3, 0.4) is 0 Å². The fraction of sp³-hybridized carbons (Fsp3) is 0.412. The molecule has 1 aromatic carbocycles. The minimum Gasteiger partial charge on any atom is -0.493 e. The summed E-state index contributed by atoms with van der Waals surface area (Å²) >= 11 is 0. The molecule has 1 aliphatic carbocycles. The van der Waals surface area contributed by atoms with Crippen LogP contribution in [-0.2, 0) is 0 Å². The van der Waals surface area contributed by atoms with Gasteiger partial charge in [-0.3, -0.25) is 4.98 Å². The number of nitrogens with two attached hydrogens (primary N) is 1. The van der Waals surface area contributed by atoms with Crippen molar-refractivity contribution in [2.75, 3.05) is 12.3 Å². The van der Waals surface area contributed by atoms with Gasteiger partial charge in [0.05, 0.1) is 28.9 Å². The highest BCUT2D eigenvalue weighted by Gasteiger charge is 2.20. The number of anilines is 1. The fourth-order valence-electron chi connectivity index (χ4n) is 3.21. The monoisotopic (exact) mass is 300 g/mol. The van der Waals surface area contributed by atoms with Crippen LogP contribution in [-0.4, -0.2) is 22.7 Å². The normalized spacial score (nSPS) is 15.3.